The van der Waals surface area contributed by atoms with E-state index in [1.165, 1.54) is 13.8 Å². The van der Waals surface area contributed by atoms with Crippen LogP contribution in [0.4, 0.5) is 0 Å². The fourth-order valence-electron chi connectivity index (χ4n) is 3.05. The first-order valence-electron chi connectivity index (χ1n) is 11.1. The Morgan fingerprint density at radius 1 is 0.971 bits per heavy atom. The standard InChI is InChI=1S/C22H35N7O6/c1-12(18(31)28-16(21(34)35)9-6-10-26-22(24)25)27-20(33)17(13(2)30)29-19(32)15(23)11-14-7-4-3-5-8-14/h3-5,7-8,12-13,15-17,30H,6,9-11,23H2,1-2H3,(H,27,33)(H,28,31)(H,29,32)(H,34,35)(H4,24,25,26). The summed E-state index contributed by atoms with van der Waals surface area (Å²) < 4.78 is 0. The predicted octanol–water partition coefficient (Wildman–Crippen LogP) is -2.45. The normalized spacial score (nSPS) is 15.0. The molecular weight excluding hydrogens is 458 g/mol. The first-order chi connectivity index (χ1) is 16.4. The van der Waals surface area contributed by atoms with E-state index in [9.17, 15) is 29.4 Å². The Hall–Kier alpha value is -3.71. The first-order valence-corrected chi connectivity index (χ1v) is 11.1. The summed E-state index contributed by atoms with van der Waals surface area (Å²) in [5, 5.41) is 26.4. The molecule has 1 rings (SSSR count). The molecule has 0 heterocycles. The number of hydrogen-bond acceptors (Lipinski definition) is 7. The number of hydrogen-bond donors (Lipinski definition) is 8. The Bertz CT molecular complexity index is 890. The summed E-state index contributed by atoms with van der Waals surface area (Å²) in [5.41, 5.74) is 17.2. The number of nitrogens with zero attached hydrogens (tertiary/aromatic N) is 1. The Morgan fingerprint density at radius 2 is 1.60 bits per heavy atom. The Balaban J connectivity index is 2.68. The molecule has 0 bridgehead atoms. The average Bonchev–Trinajstić information content (AvgIpc) is 2.78. The zero-order chi connectivity index (χ0) is 26.5. The second-order valence-corrected chi connectivity index (χ2v) is 8.10. The maximum atomic E-state index is 12.6. The number of amides is 3. The molecule has 0 aromatic heterocycles. The lowest BCUT2D eigenvalue weighted by atomic mass is 10.0. The van der Waals surface area contributed by atoms with Crippen LogP contribution in [0.2, 0.25) is 0 Å². The van der Waals surface area contributed by atoms with Crippen LogP contribution in [0.1, 0.15) is 32.3 Å². The van der Waals surface area contributed by atoms with Crippen LogP contribution >= 0.6 is 0 Å². The monoisotopic (exact) mass is 493 g/mol. The van der Waals surface area contributed by atoms with Gasteiger partial charge in [-0.3, -0.25) is 19.4 Å². The fraction of sp³-hybridized carbons (Fsp3) is 0.500. The molecule has 3 amide bonds. The van der Waals surface area contributed by atoms with E-state index in [1.807, 2.05) is 6.07 Å². The van der Waals surface area contributed by atoms with Gasteiger partial charge < -0.3 is 43.4 Å². The molecule has 11 N–H and O–H groups in total. The molecule has 13 heteroatoms. The fourth-order valence-corrected chi connectivity index (χ4v) is 3.05. The van der Waals surface area contributed by atoms with Crippen molar-refractivity contribution in [2.75, 3.05) is 6.54 Å². The van der Waals surface area contributed by atoms with Gasteiger partial charge in [0.2, 0.25) is 17.7 Å². The average molecular weight is 494 g/mol. The zero-order valence-electron chi connectivity index (χ0n) is 19.8. The minimum absolute atomic E-state index is 0.0597. The molecule has 5 atom stereocenters. The van der Waals surface area contributed by atoms with Crippen molar-refractivity contribution in [2.45, 2.75) is 63.4 Å². The highest BCUT2D eigenvalue weighted by atomic mass is 16.4. The van der Waals surface area contributed by atoms with Crippen LogP contribution in [-0.4, -0.2) is 76.7 Å². The molecule has 0 fully saturated rings. The number of carboxylic acid groups (broad SMARTS) is 1. The number of aliphatic hydroxyl groups excluding tert-OH is 1. The van der Waals surface area contributed by atoms with Crippen LogP contribution in [0, 0.1) is 0 Å². The van der Waals surface area contributed by atoms with E-state index in [0.717, 1.165) is 5.56 Å². The van der Waals surface area contributed by atoms with E-state index in [4.69, 9.17) is 17.2 Å². The van der Waals surface area contributed by atoms with Gasteiger partial charge in [-0.2, -0.15) is 0 Å². The molecule has 194 valence electrons. The van der Waals surface area contributed by atoms with E-state index in [1.54, 1.807) is 24.3 Å². The van der Waals surface area contributed by atoms with E-state index in [0.29, 0.717) is 6.42 Å². The van der Waals surface area contributed by atoms with Crippen molar-refractivity contribution in [2.24, 2.45) is 22.2 Å². The molecule has 5 unspecified atom stereocenters. The van der Waals surface area contributed by atoms with E-state index >= 15 is 0 Å². The molecule has 0 aliphatic heterocycles. The number of aliphatic carboxylic acids is 1. The number of aliphatic imine (C=N–C) groups is 1. The van der Waals surface area contributed by atoms with Crippen LogP contribution in [0.15, 0.2) is 35.3 Å². The minimum atomic E-state index is -1.38. The second-order valence-electron chi connectivity index (χ2n) is 8.10. The van der Waals surface area contributed by atoms with Crippen molar-refractivity contribution >= 4 is 29.7 Å². The number of nitrogens with one attached hydrogen (secondary N) is 3. The number of carbonyl (C=O) groups is 4. The molecule has 1 aromatic rings. The lowest BCUT2D eigenvalue weighted by Crippen LogP contribution is -2.59. The summed E-state index contributed by atoms with van der Waals surface area (Å²) in [6.07, 6.45) is -0.709. The van der Waals surface area contributed by atoms with Gasteiger partial charge in [-0.1, -0.05) is 30.3 Å². The number of aliphatic hydroxyl groups is 1. The summed E-state index contributed by atoms with van der Waals surface area (Å²) in [6, 6.07) is 4.31. The van der Waals surface area contributed by atoms with Crippen LogP contribution in [0.25, 0.3) is 0 Å². The van der Waals surface area contributed by atoms with E-state index in [2.05, 4.69) is 20.9 Å². The lowest BCUT2D eigenvalue weighted by Gasteiger charge is -2.25. The molecule has 0 spiro atoms. The highest BCUT2D eigenvalue weighted by molar-refractivity contribution is 5.94. The molecule has 0 aliphatic carbocycles. The van der Waals surface area contributed by atoms with Gasteiger partial charge in [-0.15, -0.1) is 0 Å². The van der Waals surface area contributed by atoms with Crippen molar-refractivity contribution in [3.05, 3.63) is 35.9 Å². The SMILES string of the molecule is CC(NC(=O)C(NC(=O)C(N)Cc1ccccc1)C(C)O)C(=O)NC(CCCN=C(N)N)C(=O)O. The maximum Gasteiger partial charge on any atom is 0.326 e. The Morgan fingerprint density at radius 3 is 2.14 bits per heavy atom. The molecule has 0 saturated carbocycles. The summed E-state index contributed by atoms with van der Waals surface area (Å²) in [6.45, 7) is 2.83. The molecule has 0 saturated heterocycles. The zero-order valence-corrected chi connectivity index (χ0v) is 19.8. The van der Waals surface area contributed by atoms with Crippen molar-refractivity contribution in [1.82, 2.24) is 16.0 Å². The largest absolute Gasteiger partial charge is 0.480 e. The number of nitrogens with two attached hydrogens (primary N) is 3. The van der Waals surface area contributed by atoms with Gasteiger partial charge >= 0.3 is 5.97 Å². The van der Waals surface area contributed by atoms with Crippen molar-refractivity contribution in [1.29, 1.82) is 0 Å². The molecule has 0 aliphatic rings. The number of carboxylic acids is 1. The second kappa shape index (κ2) is 14.5. The van der Waals surface area contributed by atoms with E-state index in [-0.39, 0.29) is 25.3 Å². The maximum absolute atomic E-state index is 12.6. The van der Waals surface area contributed by atoms with Gasteiger partial charge in [0.15, 0.2) is 5.96 Å². The third kappa shape index (κ3) is 10.8. The topological polar surface area (TPSA) is 235 Å². The molecule has 35 heavy (non-hydrogen) atoms. The van der Waals surface area contributed by atoms with Crippen LogP contribution in [0.3, 0.4) is 0 Å². The van der Waals surface area contributed by atoms with Gasteiger partial charge in [0.05, 0.1) is 12.1 Å². The molecule has 13 nitrogen and oxygen atoms in total. The third-order valence-electron chi connectivity index (χ3n) is 5.01. The quantitative estimate of drug-likeness (QED) is 0.0778. The van der Waals surface area contributed by atoms with Gasteiger partial charge in [0, 0.05) is 6.54 Å². The van der Waals surface area contributed by atoms with Crippen molar-refractivity contribution in [3.63, 3.8) is 0 Å². The van der Waals surface area contributed by atoms with Gasteiger partial charge in [0.1, 0.15) is 18.1 Å². The number of benzene rings is 1. The van der Waals surface area contributed by atoms with Crippen molar-refractivity contribution in [3.8, 4) is 0 Å². The Labute approximate surface area is 203 Å². The first kappa shape index (κ1) is 29.3. The van der Waals surface area contributed by atoms with Gasteiger partial charge in [0.25, 0.3) is 0 Å². The van der Waals surface area contributed by atoms with Gasteiger partial charge in [-0.05, 0) is 38.7 Å². The lowest BCUT2D eigenvalue weighted by molar-refractivity contribution is -0.142. The Kier molecular flexibility index (Phi) is 12.2. The van der Waals surface area contributed by atoms with E-state index < -0.39 is 54.0 Å². The molecule has 0 radical (unpaired) electrons. The smallest absolute Gasteiger partial charge is 0.326 e. The molecule has 1 aromatic carbocycles. The van der Waals surface area contributed by atoms with Gasteiger partial charge in [-0.25, -0.2) is 4.79 Å². The highest BCUT2D eigenvalue weighted by Crippen LogP contribution is 2.04. The summed E-state index contributed by atoms with van der Waals surface area (Å²) in [5.74, 6) is -3.63. The van der Waals surface area contributed by atoms with Crippen LogP contribution in [-0.2, 0) is 25.6 Å². The minimum Gasteiger partial charge on any atom is -0.480 e. The predicted molar refractivity (Wildman–Crippen MR) is 129 cm³/mol. The number of carbonyl (C=O) groups excluding carboxylic acids is 3. The van der Waals surface area contributed by atoms with Crippen LogP contribution < -0.4 is 33.2 Å². The molecular formula is C22H35N7O6. The summed E-state index contributed by atoms with van der Waals surface area (Å²) in [7, 11) is 0. The van der Waals surface area contributed by atoms with Crippen molar-refractivity contribution < 1.29 is 29.4 Å². The number of guanidine groups is 1. The number of rotatable bonds is 14. The summed E-state index contributed by atoms with van der Waals surface area (Å²) in [4.78, 5) is 52.7. The van der Waals surface area contributed by atoms with Crippen LogP contribution in [0.5, 0.6) is 0 Å². The highest BCUT2D eigenvalue weighted by Gasteiger charge is 2.30. The summed E-state index contributed by atoms with van der Waals surface area (Å²) >= 11 is 0. The third-order valence-corrected chi connectivity index (χ3v) is 5.01.